The number of aliphatic carboxylic acids is 1. The average molecular weight is 640 g/mol. The van der Waals surface area contributed by atoms with Crippen molar-refractivity contribution in [1.29, 1.82) is 0 Å². The van der Waals surface area contributed by atoms with Crippen molar-refractivity contribution in [3.8, 4) is 11.4 Å². The Balaban J connectivity index is 1.30. The summed E-state index contributed by atoms with van der Waals surface area (Å²) in [5.74, 6) is -1.19. The number of anilines is 1. The second-order valence-corrected chi connectivity index (χ2v) is 12.9. The van der Waals surface area contributed by atoms with E-state index in [4.69, 9.17) is 16.7 Å². The maximum absolute atomic E-state index is 13.9. The van der Waals surface area contributed by atoms with Gasteiger partial charge in [0.2, 0.25) is 5.91 Å². The highest BCUT2D eigenvalue weighted by Gasteiger charge is 2.42. The van der Waals surface area contributed by atoms with Gasteiger partial charge in [-0.25, -0.2) is 4.79 Å². The number of piperidine rings is 1. The molecule has 0 unspecified atom stereocenters. The van der Waals surface area contributed by atoms with E-state index in [1.165, 1.54) is 24.5 Å². The number of hydrogen-bond acceptors (Lipinski definition) is 5. The van der Waals surface area contributed by atoms with Crippen molar-refractivity contribution >= 4 is 52.1 Å². The third-order valence-corrected chi connectivity index (χ3v) is 9.67. The lowest BCUT2D eigenvalue weighted by Crippen LogP contribution is -2.61. The van der Waals surface area contributed by atoms with E-state index in [0.717, 1.165) is 41.2 Å². The number of aromatic nitrogens is 2. The maximum atomic E-state index is 13.9. The molecule has 9 nitrogen and oxygen atoms in total. The summed E-state index contributed by atoms with van der Waals surface area (Å²) in [7, 11) is 4.02. The van der Waals surface area contributed by atoms with Crippen molar-refractivity contribution in [3.63, 3.8) is 0 Å². The molecule has 1 saturated carbocycles. The van der Waals surface area contributed by atoms with Gasteiger partial charge in [-0.15, -0.1) is 0 Å². The normalized spacial score (nSPS) is 17.0. The molecule has 238 valence electrons. The zero-order valence-corrected chi connectivity index (χ0v) is 26.8. The Hall–Kier alpha value is -4.47. The Kier molecular flexibility index (Phi) is 8.97. The summed E-state index contributed by atoms with van der Waals surface area (Å²) < 4.78 is 2.13. The predicted octanol–water partition coefficient (Wildman–Crippen LogP) is 6.48. The van der Waals surface area contributed by atoms with Gasteiger partial charge in [0.25, 0.3) is 5.91 Å². The van der Waals surface area contributed by atoms with E-state index in [2.05, 4.69) is 25.1 Å². The number of amides is 2. The lowest BCUT2D eigenvalue weighted by Gasteiger charge is -2.40. The van der Waals surface area contributed by atoms with Gasteiger partial charge in [-0.1, -0.05) is 42.6 Å². The van der Waals surface area contributed by atoms with Gasteiger partial charge in [0, 0.05) is 54.6 Å². The summed E-state index contributed by atoms with van der Waals surface area (Å²) in [5, 5.41) is 16.7. The van der Waals surface area contributed by atoms with Gasteiger partial charge < -0.3 is 25.2 Å². The fraction of sp³-hybridized carbons (Fsp3) is 0.333. The Labute approximate surface area is 273 Å². The quantitative estimate of drug-likeness (QED) is 0.190. The number of carbonyl (C=O) groups excluding carboxylic acids is 2. The molecule has 3 heterocycles. The Morgan fingerprint density at radius 1 is 1.00 bits per heavy atom. The molecule has 1 aliphatic carbocycles. The van der Waals surface area contributed by atoms with Gasteiger partial charge in [0.1, 0.15) is 5.54 Å². The molecule has 2 aliphatic rings. The van der Waals surface area contributed by atoms with Crippen LogP contribution in [0.1, 0.15) is 65.9 Å². The first kappa shape index (κ1) is 31.5. The van der Waals surface area contributed by atoms with Crippen LogP contribution in [0.15, 0.2) is 66.9 Å². The molecule has 0 spiro atoms. The van der Waals surface area contributed by atoms with Crippen molar-refractivity contribution in [2.75, 3.05) is 25.5 Å². The average Bonchev–Trinajstić information content (AvgIpc) is 3.68. The van der Waals surface area contributed by atoms with Crippen LogP contribution in [0.4, 0.5) is 5.69 Å². The van der Waals surface area contributed by atoms with Crippen LogP contribution in [-0.2, 0) is 16.6 Å². The smallest absolute Gasteiger partial charge is 0.328 e. The number of carbonyl (C=O) groups is 3. The molecule has 1 saturated heterocycles. The number of hydrogen-bond donors (Lipinski definition) is 3. The second-order valence-electron chi connectivity index (χ2n) is 12.5. The highest BCUT2D eigenvalue weighted by Crippen LogP contribution is 2.44. The SMILES string of the molecule is CN1CCC(NC(=O)c2ccc3c(C4CCCC4)c(-c4ccc(Cl)cn4)n(C)c3c2)(C(=O)Nc2ccc(/C=C/C(=O)O)cc2)CC1. The number of likely N-dealkylation sites (tertiary alicyclic amines) is 1. The zero-order chi connectivity index (χ0) is 32.4. The largest absolute Gasteiger partial charge is 0.478 e. The molecular formula is C36H38ClN5O4. The third-order valence-electron chi connectivity index (χ3n) is 9.45. The molecule has 0 bridgehead atoms. The lowest BCUT2D eigenvalue weighted by atomic mass is 9.86. The molecular weight excluding hydrogens is 602 g/mol. The molecule has 3 N–H and O–H groups in total. The molecule has 2 amide bonds. The van der Waals surface area contributed by atoms with Gasteiger partial charge >= 0.3 is 5.97 Å². The van der Waals surface area contributed by atoms with Crippen LogP contribution in [0.2, 0.25) is 5.02 Å². The number of fused-ring (bicyclic) bond motifs is 1. The maximum Gasteiger partial charge on any atom is 0.328 e. The standard InChI is InChI=1S/C36H38ClN5O4/c1-41-19-17-36(18-20-41,35(46)39-27-12-7-23(8-13-27)9-16-31(43)44)40-34(45)25-10-14-28-30(21-25)42(2)33(29-15-11-26(37)22-38-29)32(28)24-5-3-4-6-24/h7-16,21-22,24H,3-6,17-20H2,1-2H3,(H,39,46)(H,40,45)(H,43,44)/b16-9+. The Morgan fingerprint density at radius 2 is 1.72 bits per heavy atom. The van der Waals surface area contributed by atoms with E-state index in [1.54, 1.807) is 30.5 Å². The van der Waals surface area contributed by atoms with E-state index in [-0.39, 0.29) is 11.8 Å². The number of pyridine rings is 1. The van der Waals surface area contributed by atoms with Crippen molar-refractivity contribution in [1.82, 2.24) is 19.8 Å². The molecule has 0 radical (unpaired) electrons. The van der Waals surface area contributed by atoms with E-state index < -0.39 is 11.5 Å². The first-order valence-corrected chi connectivity index (χ1v) is 16.1. The number of halogens is 1. The van der Waals surface area contributed by atoms with Gasteiger partial charge in [-0.05, 0) is 92.2 Å². The van der Waals surface area contributed by atoms with Crippen molar-refractivity contribution < 1.29 is 19.5 Å². The number of rotatable bonds is 8. The van der Waals surface area contributed by atoms with Crippen LogP contribution in [0, 0.1) is 0 Å². The summed E-state index contributed by atoms with van der Waals surface area (Å²) in [6.45, 7) is 1.32. The fourth-order valence-electron chi connectivity index (χ4n) is 6.85. The van der Waals surface area contributed by atoms with Gasteiger partial charge in [-0.2, -0.15) is 0 Å². The number of carboxylic acid groups (broad SMARTS) is 1. The molecule has 0 atom stereocenters. The first-order chi connectivity index (χ1) is 22.1. The third kappa shape index (κ3) is 6.43. The van der Waals surface area contributed by atoms with Crippen LogP contribution in [0.25, 0.3) is 28.4 Å². The molecule has 2 fully saturated rings. The van der Waals surface area contributed by atoms with Crippen molar-refractivity contribution in [2.45, 2.75) is 50.0 Å². The Bertz CT molecular complexity index is 1800. The monoisotopic (exact) mass is 639 g/mol. The number of nitrogens with one attached hydrogen (secondary N) is 2. The minimum atomic E-state index is -1.10. The lowest BCUT2D eigenvalue weighted by molar-refractivity contribution is -0.131. The summed E-state index contributed by atoms with van der Waals surface area (Å²) in [6, 6.07) is 16.5. The predicted molar refractivity (Wildman–Crippen MR) is 181 cm³/mol. The van der Waals surface area contributed by atoms with E-state index in [0.29, 0.717) is 53.7 Å². The van der Waals surface area contributed by atoms with Crippen LogP contribution in [0.3, 0.4) is 0 Å². The van der Waals surface area contributed by atoms with Crippen LogP contribution >= 0.6 is 11.6 Å². The van der Waals surface area contributed by atoms with Crippen molar-refractivity contribution in [3.05, 3.63) is 88.6 Å². The second kappa shape index (κ2) is 13.1. The minimum absolute atomic E-state index is 0.276. The number of nitrogens with zero attached hydrogens (tertiary/aromatic N) is 3. The van der Waals surface area contributed by atoms with Gasteiger partial charge in [0.05, 0.1) is 16.4 Å². The summed E-state index contributed by atoms with van der Waals surface area (Å²) >= 11 is 6.17. The molecule has 1 aliphatic heterocycles. The number of carboxylic acids is 1. The molecule has 4 aromatic rings. The van der Waals surface area contributed by atoms with Crippen LogP contribution in [0.5, 0.6) is 0 Å². The first-order valence-electron chi connectivity index (χ1n) is 15.7. The van der Waals surface area contributed by atoms with Gasteiger partial charge in [-0.3, -0.25) is 14.6 Å². The summed E-state index contributed by atoms with van der Waals surface area (Å²) in [6.07, 6.45) is 9.78. The molecule has 2 aromatic heterocycles. The molecule has 10 heteroatoms. The molecule has 2 aromatic carbocycles. The summed E-state index contributed by atoms with van der Waals surface area (Å²) in [4.78, 5) is 45.4. The zero-order valence-electron chi connectivity index (χ0n) is 26.1. The van der Waals surface area contributed by atoms with E-state index >= 15 is 0 Å². The summed E-state index contributed by atoms with van der Waals surface area (Å²) in [5.41, 5.74) is 4.77. The van der Waals surface area contributed by atoms with Crippen LogP contribution in [-0.4, -0.2) is 63.0 Å². The highest BCUT2D eigenvalue weighted by atomic mass is 35.5. The van der Waals surface area contributed by atoms with Crippen molar-refractivity contribution in [2.24, 2.45) is 7.05 Å². The molecule has 6 rings (SSSR count). The van der Waals surface area contributed by atoms with Gasteiger partial charge in [0.15, 0.2) is 0 Å². The highest BCUT2D eigenvalue weighted by molar-refractivity contribution is 6.30. The number of benzene rings is 2. The molecule has 46 heavy (non-hydrogen) atoms. The van der Waals surface area contributed by atoms with E-state index in [9.17, 15) is 14.4 Å². The van der Waals surface area contributed by atoms with Crippen LogP contribution < -0.4 is 10.6 Å². The van der Waals surface area contributed by atoms with E-state index in [1.807, 2.05) is 44.4 Å². The minimum Gasteiger partial charge on any atom is -0.478 e. The topological polar surface area (TPSA) is 117 Å². The fourth-order valence-corrected chi connectivity index (χ4v) is 6.97. The number of aryl methyl sites for hydroxylation is 1. The Morgan fingerprint density at radius 3 is 2.37 bits per heavy atom.